The van der Waals surface area contributed by atoms with Crippen LogP contribution in [0.25, 0.3) is 0 Å². The van der Waals surface area contributed by atoms with Crippen molar-refractivity contribution < 1.29 is 14.6 Å². The van der Waals surface area contributed by atoms with Crippen molar-refractivity contribution in [3.05, 3.63) is 47.7 Å². The van der Waals surface area contributed by atoms with E-state index >= 15 is 0 Å². The molecule has 0 unspecified atom stereocenters. The molecule has 0 aliphatic carbocycles. The molecule has 4 nitrogen and oxygen atoms in total. The first-order chi connectivity index (χ1) is 9.96. The maximum atomic E-state index is 12.6. The molecule has 4 heteroatoms. The average Bonchev–Trinajstić information content (AvgIpc) is 2.46. The van der Waals surface area contributed by atoms with Crippen LogP contribution >= 0.6 is 0 Å². The van der Waals surface area contributed by atoms with Crippen molar-refractivity contribution >= 4 is 5.91 Å². The van der Waals surface area contributed by atoms with Gasteiger partial charge in [-0.3, -0.25) is 4.79 Å². The third-order valence-corrected chi connectivity index (χ3v) is 3.23. The van der Waals surface area contributed by atoms with Crippen LogP contribution in [-0.2, 0) is 16.1 Å². The van der Waals surface area contributed by atoms with Crippen LogP contribution in [0, 0.1) is 0 Å². The first-order valence-electron chi connectivity index (χ1n) is 7.34. The summed E-state index contributed by atoms with van der Waals surface area (Å²) in [6.07, 6.45) is 3.65. The van der Waals surface area contributed by atoms with Gasteiger partial charge in [0.15, 0.2) is 5.76 Å². The van der Waals surface area contributed by atoms with E-state index in [1.807, 2.05) is 36.4 Å². The normalized spacial score (nSPS) is 15.1. The van der Waals surface area contributed by atoms with Gasteiger partial charge in [0.05, 0.1) is 12.2 Å². The highest BCUT2D eigenvalue weighted by Gasteiger charge is 2.26. The van der Waals surface area contributed by atoms with E-state index in [-0.39, 0.29) is 12.5 Å². The summed E-state index contributed by atoms with van der Waals surface area (Å²) >= 11 is 0. The third-order valence-electron chi connectivity index (χ3n) is 3.23. The van der Waals surface area contributed by atoms with Crippen molar-refractivity contribution in [3.63, 3.8) is 0 Å². The molecule has 114 valence electrons. The van der Waals surface area contributed by atoms with Crippen molar-refractivity contribution in [3.8, 4) is 0 Å². The molecule has 2 rings (SSSR count). The van der Waals surface area contributed by atoms with Crippen LogP contribution in [0.1, 0.15) is 32.3 Å². The molecular formula is C17H23NO3. The summed E-state index contributed by atoms with van der Waals surface area (Å²) in [7, 11) is 0. The Kier molecular flexibility index (Phi) is 5.02. The largest absolute Gasteiger partial charge is 0.488 e. The summed E-state index contributed by atoms with van der Waals surface area (Å²) in [6.45, 7) is 4.72. The van der Waals surface area contributed by atoms with Crippen molar-refractivity contribution in [1.82, 2.24) is 4.90 Å². The van der Waals surface area contributed by atoms with Gasteiger partial charge in [-0.15, -0.1) is 0 Å². The Labute approximate surface area is 126 Å². The zero-order valence-corrected chi connectivity index (χ0v) is 12.7. The number of carbonyl (C=O) groups is 1. The lowest BCUT2D eigenvalue weighted by molar-refractivity contribution is -0.134. The molecule has 0 fully saturated rings. The molecule has 0 saturated heterocycles. The number of ether oxygens (including phenoxy) is 1. The molecule has 0 radical (unpaired) electrons. The topological polar surface area (TPSA) is 49.8 Å². The summed E-state index contributed by atoms with van der Waals surface area (Å²) < 4.78 is 5.46. The molecule has 21 heavy (non-hydrogen) atoms. The molecule has 1 N–H and O–H groups in total. The molecule has 1 heterocycles. The molecule has 0 saturated carbocycles. The maximum absolute atomic E-state index is 12.6. The lowest BCUT2D eigenvalue weighted by Gasteiger charge is -2.30. The fraction of sp³-hybridized carbons (Fsp3) is 0.471. The molecule has 1 amide bonds. The Balaban J connectivity index is 2.15. The third kappa shape index (κ3) is 4.90. The van der Waals surface area contributed by atoms with Gasteiger partial charge in [0.1, 0.15) is 0 Å². The van der Waals surface area contributed by atoms with E-state index in [9.17, 15) is 9.90 Å². The minimum atomic E-state index is -0.945. The second-order valence-electron chi connectivity index (χ2n) is 6.02. The Morgan fingerprint density at radius 3 is 2.62 bits per heavy atom. The summed E-state index contributed by atoms with van der Waals surface area (Å²) in [5.74, 6) is 0.252. The number of hydrogen-bond acceptors (Lipinski definition) is 3. The number of carbonyl (C=O) groups excluding carboxylic acids is 1. The van der Waals surface area contributed by atoms with E-state index < -0.39 is 5.60 Å². The summed E-state index contributed by atoms with van der Waals surface area (Å²) in [5, 5.41) is 10.1. The fourth-order valence-electron chi connectivity index (χ4n) is 2.33. The smallest absolute Gasteiger partial charge is 0.288 e. The maximum Gasteiger partial charge on any atom is 0.288 e. The number of allylic oxidation sites excluding steroid dienone is 1. The van der Waals surface area contributed by atoms with Gasteiger partial charge >= 0.3 is 0 Å². The predicted octanol–water partition coefficient (Wildman–Crippen LogP) is 2.48. The zero-order chi connectivity index (χ0) is 15.3. The van der Waals surface area contributed by atoms with Gasteiger partial charge in [0.25, 0.3) is 5.91 Å². The molecular weight excluding hydrogens is 266 g/mol. The first-order valence-corrected chi connectivity index (χ1v) is 7.34. The fourth-order valence-corrected chi connectivity index (χ4v) is 2.33. The highest BCUT2D eigenvalue weighted by atomic mass is 16.5. The Hall–Kier alpha value is -1.81. The molecule has 1 aliphatic heterocycles. The van der Waals surface area contributed by atoms with Gasteiger partial charge in [-0.25, -0.2) is 0 Å². The van der Waals surface area contributed by atoms with E-state index in [0.29, 0.717) is 18.9 Å². The molecule has 1 aliphatic rings. The second kappa shape index (κ2) is 6.76. The average molecular weight is 289 g/mol. The Bertz CT molecular complexity index is 503. The highest BCUT2D eigenvalue weighted by Crippen LogP contribution is 2.17. The van der Waals surface area contributed by atoms with Crippen LogP contribution in [0.15, 0.2) is 42.2 Å². The van der Waals surface area contributed by atoms with Gasteiger partial charge in [-0.05, 0) is 38.3 Å². The Morgan fingerprint density at radius 1 is 1.33 bits per heavy atom. The monoisotopic (exact) mass is 289 g/mol. The number of nitrogens with zero attached hydrogens (tertiary/aromatic N) is 1. The van der Waals surface area contributed by atoms with Crippen molar-refractivity contribution in [2.75, 3.05) is 13.2 Å². The number of amides is 1. The Morgan fingerprint density at radius 2 is 2.05 bits per heavy atom. The second-order valence-corrected chi connectivity index (χ2v) is 6.02. The van der Waals surface area contributed by atoms with Crippen LogP contribution in [0.3, 0.4) is 0 Å². The number of aliphatic hydroxyl groups is 1. The van der Waals surface area contributed by atoms with Crippen molar-refractivity contribution in [2.24, 2.45) is 0 Å². The number of hydrogen-bond donors (Lipinski definition) is 1. The summed E-state index contributed by atoms with van der Waals surface area (Å²) in [5.41, 5.74) is 0.0890. The van der Waals surface area contributed by atoms with Crippen molar-refractivity contribution in [2.45, 2.75) is 38.8 Å². The van der Waals surface area contributed by atoms with Crippen LogP contribution < -0.4 is 0 Å². The quantitative estimate of drug-likeness (QED) is 0.906. The molecule has 1 aromatic carbocycles. The van der Waals surface area contributed by atoms with Crippen LogP contribution in [0.5, 0.6) is 0 Å². The van der Waals surface area contributed by atoms with E-state index in [2.05, 4.69) is 0 Å². The van der Waals surface area contributed by atoms with E-state index in [1.165, 1.54) is 0 Å². The molecule has 0 bridgehead atoms. The van der Waals surface area contributed by atoms with Crippen LogP contribution in [0.4, 0.5) is 0 Å². The van der Waals surface area contributed by atoms with Gasteiger partial charge in [-0.2, -0.15) is 0 Å². The van der Waals surface area contributed by atoms with Crippen molar-refractivity contribution in [1.29, 1.82) is 0 Å². The summed E-state index contributed by atoms with van der Waals surface area (Å²) in [4.78, 5) is 14.2. The van der Waals surface area contributed by atoms with Gasteiger partial charge in [0, 0.05) is 13.1 Å². The van der Waals surface area contributed by atoms with Gasteiger partial charge in [0.2, 0.25) is 0 Å². The number of rotatable bonds is 5. The van der Waals surface area contributed by atoms with E-state index in [1.54, 1.807) is 18.7 Å². The minimum absolute atomic E-state index is 0.152. The number of benzene rings is 1. The molecule has 0 aromatic heterocycles. The summed E-state index contributed by atoms with van der Waals surface area (Å²) in [6, 6.07) is 9.77. The van der Waals surface area contributed by atoms with E-state index in [0.717, 1.165) is 18.4 Å². The minimum Gasteiger partial charge on any atom is -0.488 e. The lowest BCUT2D eigenvalue weighted by atomic mass is 10.1. The lowest BCUT2D eigenvalue weighted by Crippen LogP contribution is -2.43. The SMILES string of the molecule is CC(C)(O)CN(Cc1ccccc1)C(=O)C1=CCCCO1. The molecule has 1 aromatic rings. The van der Waals surface area contributed by atoms with Crippen LogP contribution in [0.2, 0.25) is 0 Å². The van der Waals surface area contributed by atoms with Gasteiger partial charge < -0.3 is 14.7 Å². The van der Waals surface area contributed by atoms with Gasteiger partial charge in [-0.1, -0.05) is 30.3 Å². The predicted molar refractivity (Wildman–Crippen MR) is 81.4 cm³/mol. The van der Waals surface area contributed by atoms with E-state index in [4.69, 9.17) is 4.74 Å². The molecule has 0 spiro atoms. The standard InChI is InChI=1S/C17H23NO3/c1-17(2,20)13-18(12-14-8-4-3-5-9-14)16(19)15-10-6-7-11-21-15/h3-5,8-10,20H,6-7,11-13H2,1-2H3. The van der Waals surface area contributed by atoms with Crippen LogP contribution in [-0.4, -0.2) is 34.7 Å². The zero-order valence-electron chi connectivity index (χ0n) is 12.7. The first kappa shape index (κ1) is 15.6. The highest BCUT2D eigenvalue weighted by molar-refractivity contribution is 5.91. The molecule has 0 atom stereocenters.